The van der Waals surface area contributed by atoms with Gasteiger partial charge >= 0.3 is 0 Å². The van der Waals surface area contributed by atoms with Crippen LogP contribution in [-0.2, 0) is 6.42 Å². The molecule has 2 rings (SSSR count). The van der Waals surface area contributed by atoms with E-state index >= 15 is 0 Å². The fourth-order valence-corrected chi connectivity index (χ4v) is 3.33. The lowest BCUT2D eigenvalue weighted by atomic mass is 9.99. The van der Waals surface area contributed by atoms with Gasteiger partial charge in [0.2, 0.25) is 0 Å². The summed E-state index contributed by atoms with van der Waals surface area (Å²) in [5.41, 5.74) is 2.72. The van der Waals surface area contributed by atoms with Crippen molar-refractivity contribution in [1.82, 2.24) is 5.32 Å². The Labute approximate surface area is 144 Å². The van der Waals surface area contributed by atoms with Gasteiger partial charge in [-0.25, -0.2) is 0 Å². The van der Waals surface area contributed by atoms with E-state index in [2.05, 4.69) is 92.6 Å². The molecule has 0 aliphatic carbocycles. The lowest BCUT2D eigenvalue weighted by Gasteiger charge is -2.21. The highest BCUT2D eigenvalue weighted by Crippen LogP contribution is 2.29. The van der Waals surface area contributed by atoms with Crippen molar-refractivity contribution in [3.63, 3.8) is 0 Å². The summed E-state index contributed by atoms with van der Waals surface area (Å²) in [4.78, 5) is 0. The van der Waals surface area contributed by atoms with Gasteiger partial charge in [-0.1, -0.05) is 69.1 Å². The zero-order valence-electron chi connectivity index (χ0n) is 12.3. The number of aryl methyl sites for hydroxylation is 1. The lowest BCUT2D eigenvalue weighted by Crippen LogP contribution is -2.23. The maximum Gasteiger partial charge on any atom is 0.0334 e. The lowest BCUT2D eigenvalue weighted by molar-refractivity contribution is 0.497. The number of hydrogen-bond donors (Lipinski definition) is 1. The molecule has 1 nitrogen and oxygen atoms in total. The summed E-state index contributed by atoms with van der Waals surface area (Å²) in [6.07, 6.45) is 3.33. The number of rotatable bonds is 7. The first-order valence-electron chi connectivity index (χ1n) is 7.43. The molecular formula is C18H21Br2N. The third-order valence-corrected chi connectivity index (χ3v) is 4.75. The molecule has 0 saturated heterocycles. The van der Waals surface area contributed by atoms with E-state index in [-0.39, 0.29) is 0 Å². The molecule has 112 valence electrons. The summed E-state index contributed by atoms with van der Waals surface area (Å²) in [5, 5.41) is 3.67. The molecule has 3 heteroatoms. The van der Waals surface area contributed by atoms with Gasteiger partial charge in [-0.05, 0) is 55.1 Å². The monoisotopic (exact) mass is 409 g/mol. The molecule has 0 spiro atoms. The van der Waals surface area contributed by atoms with E-state index in [9.17, 15) is 0 Å². The summed E-state index contributed by atoms with van der Waals surface area (Å²) in [6.45, 7) is 3.25. The van der Waals surface area contributed by atoms with Crippen molar-refractivity contribution in [2.45, 2.75) is 32.2 Å². The van der Waals surface area contributed by atoms with Gasteiger partial charge in [0, 0.05) is 15.0 Å². The molecule has 0 saturated carbocycles. The second kappa shape index (κ2) is 8.72. The molecule has 0 bridgehead atoms. The fourth-order valence-electron chi connectivity index (χ4n) is 2.42. The molecule has 2 aromatic rings. The minimum absolute atomic E-state index is 0.372. The number of halogens is 2. The van der Waals surface area contributed by atoms with Gasteiger partial charge in [-0.15, -0.1) is 0 Å². The van der Waals surface area contributed by atoms with Gasteiger partial charge < -0.3 is 5.32 Å². The van der Waals surface area contributed by atoms with Gasteiger partial charge in [-0.3, -0.25) is 0 Å². The molecule has 1 atom stereocenters. The zero-order chi connectivity index (χ0) is 15.1. The van der Waals surface area contributed by atoms with Gasteiger partial charge in [0.25, 0.3) is 0 Å². The highest BCUT2D eigenvalue weighted by Gasteiger charge is 2.14. The Morgan fingerprint density at radius 1 is 1.05 bits per heavy atom. The Bertz CT molecular complexity index is 554. The molecule has 0 aromatic heterocycles. The quantitative estimate of drug-likeness (QED) is 0.600. The normalized spacial score (nSPS) is 12.3. The van der Waals surface area contributed by atoms with E-state index in [4.69, 9.17) is 0 Å². The van der Waals surface area contributed by atoms with Crippen LogP contribution < -0.4 is 5.32 Å². The fraction of sp³-hybridized carbons (Fsp3) is 0.333. The maximum atomic E-state index is 3.69. The van der Waals surface area contributed by atoms with Crippen molar-refractivity contribution in [1.29, 1.82) is 0 Å². The van der Waals surface area contributed by atoms with Crippen molar-refractivity contribution < 1.29 is 0 Å². The van der Waals surface area contributed by atoms with Crippen LogP contribution in [0.3, 0.4) is 0 Å². The first kappa shape index (κ1) is 16.7. The molecular weight excluding hydrogens is 390 g/mol. The van der Waals surface area contributed by atoms with Crippen LogP contribution >= 0.6 is 31.9 Å². The summed E-state index contributed by atoms with van der Waals surface area (Å²) < 4.78 is 2.30. The third-order valence-electron chi connectivity index (χ3n) is 3.54. The van der Waals surface area contributed by atoms with Crippen LogP contribution in [0.25, 0.3) is 0 Å². The van der Waals surface area contributed by atoms with Crippen LogP contribution in [0.1, 0.15) is 36.9 Å². The minimum atomic E-state index is 0.372. The molecule has 21 heavy (non-hydrogen) atoms. The number of nitrogens with one attached hydrogen (secondary N) is 1. The highest BCUT2D eigenvalue weighted by molar-refractivity contribution is 9.11. The van der Waals surface area contributed by atoms with E-state index in [0.29, 0.717) is 6.04 Å². The van der Waals surface area contributed by atoms with Gasteiger partial charge in [-0.2, -0.15) is 0 Å². The molecule has 2 aromatic carbocycles. The highest BCUT2D eigenvalue weighted by atomic mass is 79.9. The Balaban J connectivity index is 2.12. The maximum absolute atomic E-state index is 3.69. The molecule has 0 heterocycles. The zero-order valence-corrected chi connectivity index (χ0v) is 15.5. The average Bonchev–Trinajstić information content (AvgIpc) is 2.51. The smallest absolute Gasteiger partial charge is 0.0334 e. The van der Waals surface area contributed by atoms with Crippen molar-refractivity contribution >= 4 is 31.9 Å². The van der Waals surface area contributed by atoms with Crippen LogP contribution in [0.15, 0.2) is 57.5 Å². The van der Waals surface area contributed by atoms with Crippen LogP contribution in [-0.4, -0.2) is 6.54 Å². The minimum Gasteiger partial charge on any atom is -0.310 e. The molecule has 0 fully saturated rings. The third kappa shape index (κ3) is 5.24. The Morgan fingerprint density at radius 2 is 1.81 bits per heavy atom. The van der Waals surface area contributed by atoms with Crippen LogP contribution in [0.4, 0.5) is 0 Å². The molecule has 1 unspecified atom stereocenters. The molecule has 0 aliphatic heterocycles. The Morgan fingerprint density at radius 3 is 2.52 bits per heavy atom. The van der Waals surface area contributed by atoms with Crippen LogP contribution in [0.5, 0.6) is 0 Å². The van der Waals surface area contributed by atoms with Crippen molar-refractivity contribution in [3.05, 3.63) is 68.6 Å². The molecule has 0 radical (unpaired) electrons. The predicted octanol–water partition coefficient (Wildman–Crippen LogP) is 5.89. The van der Waals surface area contributed by atoms with E-state index in [1.165, 1.54) is 15.6 Å². The van der Waals surface area contributed by atoms with Gasteiger partial charge in [0.1, 0.15) is 0 Å². The summed E-state index contributed by atoms with van der Waals surface area (Å²) in [7, 11) is 0. The van der Waals surface area contributed by atoms with Crippen molar-refractivity contribution in [2.24, 2.45) is 0 Å². The molecule has 0 aliphatic rings. The van der Waals surface area contributed by atoms with E-state index in [1.54, 1.807) is 0 Å². The van der Waals surface area contributed by atoms with Crippen molar-refractivity contribution in [3.8, 4) is 0 Å². The standard InChI is InChI=1S/C18H21Br2N/c1-2-12-21-18(11-8-14-6-4-3-5-7-14)16-13-15(19)9-10-17(16)20/h3-7,9-10,13,18,21H,2,8,11-12H2,1H3. The van der Waals surface area contributed by atoms with Crippen LogP contribution in [0, 0.1) is 0 Å². The summed E-state index contributed by atoms with van der Waals surface area (Å²) in [6, 6.07) is 17.5. The summed E-state index contributed by atoms with van der Waals surface area (Å²) >= 11 is 7.27. The van der Waals surface area contributed by atoms with Gasteiger partial charge in [0.05, 0.1) is 0 Å². The number of hydrogen-bond acceptors (Lipinski definition) is 1. The van der Waals surface area contributed by atoms with E-state index in [0.717, 1.165) is 30.3 Å². The second-order valence-corrected chi connectivity index (χ2v) is 6.97. The Kier molecular flexibility index (Phi) is 6.94. The summed E-state index contributed by atoms with van der Waals surface area (Å²) in [5.74, 6) is 0. The topological polar surface area (TPSA) is 12.0 Å². The average molecular weight is 411 g/mol. The van der Waals surface area contributed by atoms with Crippen LogP contribution in [0.2, 0.25) is 0 Å². The second-order valence-electron chi connectivity index (χ2n) is 5.20. The molecule has 1 N–H and O–H groups in total. The number of benzene rings is 2. The largest absolute Gasteiger partial charge is 0.310 e. The Hall–Kier alpha value is -0.640. The molecule has 0 amide bonds. The van der Waals surface area contributed by atoms with Gasteiger partial charge in [0.15, 0.2) is 0 Å². The SMILES string of the molecule is CCCNC(CCc1ccccc1)c1cc(Br)ccc1Br. The first-order valence-corrected chi connectivity index (χ1v) is 9.01. The van der Waals surface area contributed by atoms with Crippen molar-refractivity contribution in [2.75, 3.05) is 6.54 Å². The predicted molar refractivity (Wildman–Crippen MR) is 97.6 cm³/mol. The van der Waals surface area contributed by atoms with E-state index in [1.807, 2.05) is 0 Å². The van der Waals surface area contributed by atoms with E-state index < -0.39 is 0 Å². The first-order chi connectivity index (χ1) is 10.2.